The number of hydrogen-bond donors (Lipinski definition) is 4. The maximum absolute atomic E-state index is 15.7. The number of piperidine rings is 3. The van der Waals surface area contributed by atoms with Gasteiger partial charge in [-0.3, -0.25) is 33.9 Å². The summed E-state index contributed by atoms with van der Waals surface area (Å²) in [5, 5.41) is 48.9. The molecule has 0 aliphatic carbocycles. The average molecular weight is 876 g/mol. The molecule has 0 spiro atoms. The SMILES string of the molecule is CCCCCCCCCCCCCC(C(=O)O)(C1CC(C)(C)N(C)C(C)(C)C1)C(C(=O)O)(C1CC(C)(C)N(C)C(C)(C)C1)C(CC(=O)O)(C(=O)O)C1CC(C)(C)N(C)C(C)(C)C1. The van der Waals surface area contributed by atoms with Gasteiger partial charge in [0.2, 0.25) is 0 Å². The summed E-state index contributed by atoms with van der Waals surface area (Å²) in [6.45, 7) is 26.7. The van der Waals surface area contributed by atoms with Crippen LogP contribution in [0.5, 0.6) is 0 Å². The van der Waals surface area contributed by atoms with Crippen molar-refractivity contribution in [2.45, 2.75) is 245 Å². The van der Waals surface area contributed by atoms with E-state index in [1.165, 1.54) is 32.1 Å². The van der Waals surface area contributed by atoms with E-state index in [1.807, 2.05) is 76.5 Å². The third-order valence-corrected chi connectivity index (χ3v) is 18.0. The van der Waals surface area contributed by atoms with Crippen molar-refractivity contribution in [2.75, 3.05) is 21.1 Å². The Bertz CT molecular complexity index is 1530. The number of carboxylic acid groups (broad SMARTS) is 4. The highest BCUT2D eigenvalue weighted by molar-refractivity contribution is 5.96. The molecule has 0 amide bonds. The first-order chi connectivity index (χ1) is 28.2. The van der Waals surface area contributed by atoms with Crippen LogP contribution >= 0.6 is 0 Å². The number of hydrogen-bond acceptors (Lipinski definition) is 7. The summed E-state index contributed by atoms with van der Waals surface area (Å²) < 4.78 is 0. The predicted octanol–water partition coefficient (Wildman–Crippen LogP) is 11.1. The Kier molecular flexibility index (Phi) is 16.8. The molecule has 0 saturated carbocycles. The van der Waals surface area contributed by atoms with Crippen LogP contribution in [0.15, 0.2) is 0 Å². The zero-order valence-corrected chi connectivity index (χ0v) is 42.4. The predicted molar refractivity (Wildman–Crippen MR) is 249 cm³/mol. The maximum Gasteiger partial charge on any atom is 0.312 e. The van der Waals surface area contributed by atoms with E-state index in [2.05, 4.69) is 49.3 Å². The van der Waals surface area contributed by atoms with Crippen LogP contribution in [-0.4, -0.2) is 113 Å². The normalized spacial score (nSPS) is 26.2. The number of nitrogens with zero attached hydrogens (tertiary/aromatic N) is 3. The molecule has 3 atom stereocenters. The van der Waals surface area contributed by atoms with Crippen LogP contribution in [-0.2, 0) is 19.2 Å². The minimum absolute atomic E-state index is 0.0482. The Balaban J connectivity index is 2.57. The molecule has 0 aromatic carbocycles. The van der Waals surface area contributed by atoms with E-state index in [-0.39, 0.29) is 32.1 Å². The Hall–Kier alpha value is -2.24. The smallest absolute Gasteiger partial charge is 0.312 e. The van der Waals surface area contributed by atoms with Gasteiger partial charge in [0.05, 0.1) is 17.3 Å². The molecule has 3 saturated heterocycles. The molecule has 3 rings (SSSR count). The molecule has 0 radical (unpaired) electrons. The molecule has 0 aromatic heterocycles. The summed E-state index contributed by atoms with van der Waals surface area (Å²) in [5.41, 5.74) is -11.1. The molecule has 3 unspecified atom stereocenters. The van der Waals surface area contributed by atoms with Gasteiger partial charge >= 0.3 is 23.9 Å². The standard InChI is InChI=1S/C51H93N3O8/c1-17-18-19-20-21-22-23-24-25-26-27-28-49(40(57)58,36-29-43(2,3)52(14)44(4,5)30-36)51(42(61)62,38-33-47(10,11)54(16)48(12,13)34-38)50(41(59)60,35-39(55)56)37-31-45(6,7)53(15)46(8,9)32-37/h36-38H,17-35H2,1-16H3,(H,55,56)(H,57,58)(H,59,60)(H,61,62). The van der Waals surface area contributed by atoms with Crippen LogP contribution in [0.3, 0.4) is 0 Å². The molecule has 0 aromatic rings. The zero-order chi connectivity index (χ0) is 47.7. The van der Waals surface area contributed by atoms with Gasteiger partial charge in [0, 0.05) is 33.2 Å². The Morgan fingerprint density at radius 2 is 0.710 bits per heavy atom. The summed E-state index contributed by atoms with van der Waals surface area (Å²) in [6.07, 6.45) is 11.7. The van der Waals surface area contributed by atoms with E-state index < -0.39 is 97.5 Å². The van der Waals surface area contributed by atoms with Crippen LogP contribution in [0.1, 0.15) is 212 Å². The molecule has 4 N–H and O–H groups in total. The van der Waals surface area contributed by atoms with Crippen LogP contribution in [0.2, 0.25) is 0 Å². The van der Waals surface area contributed by atoms with Crippen molar-refractivity contribution in [3.8, 4) is 0 Å². The van der Waals surface area contributed by atoms with Crippen molar-refractivity contribution < 1.29 is 39.6 Å². The van der Waals surface area contributed by atoms with Gasteiger partial charge < -0.3 is 20.4 Å². The quantitative estimate of drug-likeness (QED) is 0.0767. The molecule has 360 valence electrons. The van der Waals surface area contributed by atoms with Crippen LogP contribution in [0, 0.1) is 34.0 Å². The minimum Gasteiger partial charge on any atom is -0.481 e. The van der Waals surface area contributed by atoms with Crippen molar-refractivity contribution >= 4 is 23.9 Å². The molecule has 3 heterocycles. The fourth-order valence-electron chi connectivity index (χ4n) is 14.3. The molecule has 11 nitrogen and oxygen atoms in total. The largest absolute Gasteiger partial charge is 0.481 e. The van der Waals surface area contributed by atoms with E-state index in [0.717, 1.165) is 25.7 Å². The first-order valence-corrected chi connectivity index (χ1v) is 24.3. The molecule has 3 aliphatic heterocycles. The maximum atomic E-state index is 15.7. The lowest BCUT2D eigenvalue weighted by molar-refractivity contribution is -0.253. The highest BCUT2D eigenvalue weighted by Crippen LogP contribution is 2.73. The van der Waals surface area contributed by atoms with Crippen molar-refractivity contribution in [1.29, 1.82) is 0 Å². The summed E-state index contributed by atoms with van der Waals surface area (Å²) in [5.74, 6) is -8.47. The summed E-state index contributed by atoms with van der Waals surface area (Å²) in [6, 6.07) is 0. The Morgan fingerprint density at radius 1 is 0.435 bits per heavy atom. The van der Waals surface area contributed by atoms with Gasteiger partial charge in [-0.25, -0.2) is 0 Å². The lowest BCUT2D eigenvalue weighted by atomic mass is 9.34. The zero-order valence-electron chi connectivity index (χ0n) is 42.4. The summed E-state index contributed by atoms with van der Waals surface area (Å²) in [7, 11) is 6.02. The van der Waals surface area contributed by atoms with Gasteiger partial charge in [-0.2, -0.15) is 0 Å². The van der Waals surface area contributed by atoms with Gasteiger partial charge in [0.15, 0.2) is 0 Å². The van der Waals surface area contributed by atoms with E-state index in [4.69, 9.17) is 0 Å². The Morgan fingerprint density at radius 3 is 0.984 bits per heavy atom. The Labute approximate surface area is 377 Å². The van der Waals surface area contributed by atoms with Gasteiger partial charge in [0.25, 0.3) is 0 Å². The second kappa shape index (κ2) is 19.3. The molecule has 0 bridgehead atoms. The van der Waals surface area contributed by atoms with Crippen molar-refractivity contribution in [3.05, 3.63) is 0 Å². The molecule has 3 fully saturated rings. The van der Waals surface area contributed by atoms with Gasteiger partial charge in [-0.05, 0) is 167 Å². The minimum atomic E-state index is -2.55. The van der Waals surface area contributed by atoms with Crippen molar-refractivity contribution in [1.82, 2.24) is 14.7 Å². The number of unbranched alkanes of at least 4 members (excludes halogenated alkanes) is 10. The first-order valence-electron chi connectivity index (χ1n) is 24.3. The topological polar surface area (TPSA) is 159 Å². The van der Waals surface area contributed by atoms with Crippen molar-refractivity contribution in [2.24, 2.45) is 34.0 Å². The molecule has 3 aliphatic rings. The van der Waals surface area contributed by atoms with Crippen molar-refractivity contribution in [3.63, 3.8) is 0 Å². The van der Waals surface area contributed by atoms with Crippen LogP contribution in [0.4, 0.5) is 0 Å². The number of carboxylic acids is 4. The number of aliphatic carboxylic acids is 4. The number of likely N-dealkylation sites (tertiary alicyclic amines) is 3. The highest BCUT2D eigenvalue weighted by Gasteiger charge is 2.81. The lowest BCUT2D eigenvalue weighted by Crippen LogP contribution is -2.76. The van der Waals surface area contributed by atoms with Gasteiger partial charge in [-0.15, -0.1) is 0 Å². The summed E-state index contributed by atoms with van der Waals surface area (Å²) >= 11 is 0. The van der Waals surface area contributed by atoms with Crippen LogP contribution < -0.4 is 0 Å². The third-order valence-electron chi connectivity index (χ3n) is 18.0. The van der Waals surface area contributed by atoms with Gasteiger partial charge in [-0.1, -0.05) is 77.6 Å². The monoisotopic (exact) mass is 876 g/mol. The number of rotatable bonds is 22. The molecular weight excluding hydrogens is 783 g/mol. The number of carbonyl (C=O) groups is 4. The second-order valence-corrected chi connectivity index (χ2v) is 24.4. The van der Waals surface area contributed by atoms with E-state index in [0.29, 0.717) is 25.7 Å². The van der Waals surface area contributed by atoms with E-state index in [1.54, 1.807) is 0 Å². The fraction of sp³-hybridized carbons (Fsp3) is 0.922. The van der Waals surface area contributed by atoms with E-state index in [9.17, 15) is 25.2 Å². The molecular formula is C51H93N3O8. The second-order valence-electron chi connectivity index (χ2n) is 24.4. The molecule has 62 heavy (non-hydrogen) atoms. The highest BCUT2D eigenvalue weighted by atomic mass is 16.4. The fourth-order valence-corrected chi connectivity index (χ4v) is 14.3. The molecule has 11 heteroatoms. The van der Waals surface area contributed by atoms with Crippen LogP contribution in [0.25, 0.3) is 0 Å². The third kappa shape index (κ3) is 9.95. The first kappa shape index (κ1) is 54.1. The average Bonchev–Trinajstić information content (AvgIpc) is 3.11. The lowest BCUT2D eigenvalue weighted by Gasteiger charge is -2.68. The van der Waals surface area contributed by atoms with Gasteiger partial charge in [0.1, 0.15) is 5.41 Å². The van der Waals surface area contributed by atoms with E-state index >= 15 is 14.4 Å². The summed E-state index contributed by atoms with van der Waals surface area (Å²) in [4.78, 5) is 66.8.